The van der Waals surface area contributed by atoms with Crippen LogP contribution in [0.4, 0.5) is 0 Å². The van der Waals surface area contributed by atoms with Crippen molar-refractivity contribution < 1.29 is 28.5 Å². The van der Waals surface area contributed by atoms with E-state index in [4.69, 9.17) is 18.3 Å². The topological polar surface area (TPSA) is 77.4 Å². The summed E-state index contributed by atoms with van der Waals surface area (Å²) in [5.74, 6) is -0.778. The monoisotopic (exact) mass is 476 g/mol. The molecule has 0 radical (unpaired) electrons. The molecule has 1 saturated heterocycles. The predicted molar refractivity (Wildman–Crippen MR) is 129 cm³/mol. The Morgan fingerprint density at radius 3 is 1.26 bits per heavy atom. The van der Waals surface area contributed by atoms with E-state index in [1.165, 1.54) is 0 Å². The van der Waals surface area contributed by atoms with Gasteiger partial charge in [0.2, 0.25) is 0 Å². The van der Waals surface area contributed by atoms with Gasteiger partial charge in [-0.1, -0.05) is 41.5 Å². The fraction of sp³-hybridized carbons (Fsp3) is 1.00. The van der Waals surface area contributed by atoms with Crippen LogP contribution in [0.3, 0.4) is 0 Å². The van der Waals surface area contributed by atoms with E-state index in [-0.39, 0.29) is 34.5 Å². The summed E-state index contributed by atoms with van der Waals surface area (Å²) in [5.41, 5.74) is 0. The molecule has 6 atom stereocenters. The van der Waals surface area contributed by atoms with Gasteiger partial charge in [0, 0.05) is 12.8 Å². The van der Waals surface area contributed by atoms with Crippen LogP contribution in [0.15, 0.2) is 0 Å². The summed E-state index contributed by atoms with van der Waals surface area (Å²) < 4.78 is 26.3. The number of rotatable bonds is 4. The minimum atomic E-state index is -2.15. The Balaban J connectivity index is 2.44. The van der Waals surface area contributed by atoms with Gasteiger partial charge in [-0.05, 0) is 50.1 Å². The molecule has 2 fully saturated rings. The zero-order valence-electron chi connectivity index (χ0n) is 21.9. The molecule has 1 heterocycles. The van der Waals surface area contributed by atoms with Crippen LogP contribution in [0.5, 0.6) is 0 Å². The van der Waals surface area contributed by atoms with Crippen molar-refractivity contribution in [1.82, 2.24) is 0 Å². The molecule has 0 aromatic rings. The van der Waals surface area contributed by atoms with E-state index < -0.39 is 34.6 Å². The first-order valence-corrected chi connectivity index (χ1v) is 17.6. The fourth-order valence-corrected chi connectivity index (χ4v) is 6.47. The SMILES string of the molecule is CC1(C)O[C@H]2[C@H](O1)[C@@H](O[Si](C)(C)C(C)(C)C)C[C@H](O)[C@@H](O)C[C@@H]2O[Si](C)(C)C(C)(C)C. The highest BCUT2D eigenvalue weighted by molar-refractivity contribution is 6.74. The average molecular weight is 477 g/mol. The van der Waals surface area contributed by atoms with Crippen LogP contribution in [-0.2, 0) is 18.3 Å². The van der Waals surface area contributed by atoms with Crippen molar-refractivity contribution in [3.63, 3.8) is 0 Å². The molecule has 0 spiro atoms. The Morgan fingerprint density at radius 2 is 1.00 bits per heavy atom. The predicted octanol–water partition coefficient (Wildman–Crippen LogP) is 4.80. The lowest BCUT2D eigenvalue weighted by Crippen LogP contribution is -2.57. The van der Waals surface area contributed by atoms with Gasteiger partial charge >= 0.3 is 0 Å². The Morgan fingerprint density at radius 1 is 0.710 bits per heavy atom. The molecule has 2 aliphatic rings. The highest BCUT2D eigenvalue weighted by Gasteiger charge is 2.55. The number of fused-ring (bicyclic) bond motifs is 1. The number of hydrogen-bond donors (Lipinski definition) is 2. The molecule has 2 N–H and O–H groups in total. The van der Waals surface area contributed by atoms with Crippen LogP contribution in [0.2, 0.25) is 36.3 Å². The highest BCUT2D eigenvalue weighted by Crippen LogP contribution is 2.45. The van der Waals surface area contributed by atoms with Gasteiger partial charge in [-0.15, -0.1) is 0 Å². The Hall–Kier alpha value is 0.194. The van der Waals surface area contributed by atoms with Crippen LogP contribution in [0.25, 0.3) is 0 Å². The molecule has 0 amide bonds. The number of hydrogen-bond acceptors (Lipinski definition) is 6. The highest BCUT2D eigenvalue weighted by atomic mass is 28.4. The molecule has 1 aliphatic heterocycles. The zero-order chi connectivity index (χ0) is 24.2. The molecule has 31 heavy (non-hydrogen) atoms. The molecule has 0 unspecified atom stereocenters. The van der Waals surface area contributed by atoms with Gasteiger partial charge in [0.1, 0.15) is 12.2 Å². The van der Waals surface area contributed by atoms with Crippen molar-refractivity contribution in [3.05, 3.63) is 0 Å². The number of aliphatic hydroxyl groups excluding tert-OH is 2. The van der Waals surface area contributed by atoms with E-state index >= 15 is 0 Å². The smallest absolute Gasteiger partial charge is 0.192 e. The molecule has 184 valence electrons. The summed E-state index contributed by atoms with van der Waals surface area (Å²) in [4.78, 5) is 0. The lowest BCUT2D eigenvalue weighted by molar-refractivity contribution is -0.159. The van der Waals surface area contributed by atoms with Gasteiger partial charge in [-0.3, -0.25) is 0 Å². The van der Waals surface area contributed by atoms with Crippen molar-refractivity contribution in [2.24, 2.45) is 0 Å². The summed E-state index contributed by atoms with van der Waals surface area (Å²) in [7, 11) is -4.30. The first kappa shape index (κ1) is 27.4. The van der Waals surface area contributed by atoms with Gasteiger partial charge < -0.3 is 28.5 Å². The molecule has 8 heteroatoms. The maximum absolute atomic E-state index is 10.8. The Bertz CT molecular complexity index is 571. The number of ether oxygens (including phenoxy) is 2. The van der Waals surface area contributed by atoms with Crippen molar-refractivity contribution in [2.45, 2.75) is 147 Å². The lowest BCUT2D eigenvalue weighted by atomic mass is 9.89. The fourth-order valence-electron chi connectivity index (χ4n) is 3.79. The summed E-state index contributed by atoms with van der Waals surface area (Å²) in [6.07, 6.45) is -2.61. The minimum Gasteiger partial charge on any atom is -0.411 e. The van der Waals surface area contributed by atoms with Crippen molar-refractivity contribution in [1.29, 1.82) is 0 Å². The first-order chi connectivity index (χ1) is 13.7. The molecule has 0 bridgehead atoms. The molecular weight excluding hydrogens is 428 g/mol. The summed E-state index contributed by atoms with van der Waals surface area (Å²) in [6.45, 7) is 25.8. The second-order valence-electron chi connectivity index (χ2n) is 13.0. The van der Waals surface area contributed by atoms with Gasteiger partial charge in [0.15, 0.2) is 22.4 Å². The second kappa shape index (κ2) is 8.76. The second-order valence-corrected chi connectivity index (χ2v) is 22.5. The van der Waals surface area contributed by atoms with Gasteiger partial charge in [-0.2, -0.15) is 0 Å². The van der Waals surface area contributed by atoms with Gasteiger partial charge in [0.05, 0.1) is 24.4 Å². The van der Waals surface area contributed by atoms with Gasteiger partial charge in [-0.25, -0.2) is 0 Å². The third-order valence-electron chi connectivity index (χ3n) is 7.79. The molecule has 1 saturated carbocycles. The van der Waals surface area contributed by atoms with Crippen LogP contribution < -0.4 is 0 Å². The van der Waals surface area contributed by atoms with E-state index in [0.29, 0.717) is 12.8 Å². The molecular formula is C23H48O6Si2. The molecule has 2 rings (SSSR count). The summed E-state index contributed by atoms with van der Waals surface area (Å²) in [6, 6.07) is 0. The zero-order valence-corrected chi connectivity index (χ0v) is 23.9. The molecule has 0 aromatic heterocycles. The minimum absolute atomic E-state index is 0.0143. The summed E-state index contributed by atoms with van der Waals surface area (Å²) >= 11 is 0. The quantitative estimate of drug-likeness (QED) is 0.567. The van der Waals surface area contributed by atoms with Crippen molar-refractivity contribution >= 4 is 16.6 Å². The first-order valence-electron chi connectivity index (χ1n) is 11.7. The maximum Gasteiger partial charge on any atom is 0.192 e. The average Bonchev–Trinajstić information content (AvgIpc) is 2.85. The van der Waals surface area contributed by atoms with E-state index in [2.05, 4.69) is 67.7 Å². The standard InChI is InChI=1S/C23H48O6Si2/c1-21(2,3)30(9,10)28-17-13-15(24)16(25)14-18(29-31(11,12)22(4,5)6)20-19(17)26-23(7,8)27-20/h15-20,24-25H,13-14H2,1-12H3/t15-,16-,17-,18-,19+,20+/m0/s1. The molecule has 1 aliphatic carbocycles. The number of aliphatic hydroxyl groups is 2. The normalized spacial score (nSPS) is 35.4. The van der Waals surface area contributed by atoms with E-state index in [1.54, 1.807) is 0 Å². The van der Waals surface area contributed by atoms with E-state index in [0.717, 1.165) is 0 Å². The van der Waals surface area contributed by atoms with Crippen LogP contribution >= 0.6 is 0 Å². The maximum atomic E-state index is 10.8. The van der Waals surface area contributed by atoms with Gasteiger partial charge in [0.25, 0.3) is 0 Å². The van der Waals surface area contributed by atoms with Crippen LogP contribution in [0, 0.1) is 0 Å². The Kier molecular flexibility index (Phi) is 7.76. The Labute approximate surface area is 192 Å². The van der Waals surface area contributed by atoms with Crippen molar-refractivity contribution in [3.8, 4) is 0 Å². The van der Waals surface area contributed by atoms with Crippen LogP contribution in [-0.4, -0.2) is 69.3 Å². The molecule has 6 nitrogen and oxygen atoms in total. The van der Waals surface area contributed by atoms with E-state index in [9.17, 15) is 10.2 Å². The van der Waals surface area contributed by atoms with Crippen LogP contribution in [0.1, 0.15) is 68.2 Å². The lowest BCUT2D eigenvalue weighted by Gasteiger charge is -2.46. The third kappa shape index (κ3) is 6.20. The van der Waals surface area contributed by atoms with Crippen molar-refractivity contribution in [2.75, 3.05) is 0 Å². The largest absolute Gasteiger partial charge is 0.411 e. The molecule has 0 aromatic carbocycles. The summed E-state index contributed by atoms with van der Waals surface area (Å²) in [5, 5.41) is 21.7. The third-order valence-corrected chi connectivity index (χ3v) is 16.8. The van der Waals surface area contributed by atoms with E-state index in [1.807, 2.05) is 13.8 Å².